The zero-order valence-electron chi connectivity index (χ0n) is 16.5. The Morgan fingerprint density at radius 3 is 2.50 bits per heavy atom. The van der Waals surface area contributed by atoms with Gasteiger partial charge >= 0.3 is 0 Å². The highest BCUT2D eigenvalue weighted by atomic mass is 16.5. The first-order valence-corrected chi connectivity index (χ1v) is 9.75. The van der Waals surface area contributed by atoms with Crippen LogP contribution in [0.3, 0.4) is 0 Å². The van der Waals surface area contributed by atoms with Crippen molar-refractivity contribution in [2.75, 3.05) is 20.2 Å². The summed E-state index contributed by atoms with van der Waals surface area (Å²) in [6.07, 6.45) is 2.23. The third kappa shape index (κ3) is 4.39. The number of benzene rings is 2. The molecule has 0 radical (unpaired) electrons. The van der Waals surface area contributed by atoms with Gasteiger partial charge in [-0.2, -0.15) is 0 Å². The minimum absolute atomic E-state index is 0.459. The maximum atomic E-state index is 6.15. The van der Waals surface area contributed by atoms with Crippen LogP contribution in [0.4, 0.5) is 0 Å². The van der Waals surface area contributed by atoms with E-state index in [4.69, 9.17) is 9.47 Å². The van der Waals surface area contributed by atoms with Gasteiger partial charge in [0.15, 0.2) is 11.5 Å². The Kier molecular flexibility index (Phi) is 6.20. The van der Waals surface area contributed by atoms with E-state index in [1.54, 1.807) is 0 Å². The molecule has 1 atom stereocenters. The van der Waals surface area contributed by atoms with Crippen LogP contribution in [0, 0.1) is 5.92 Å². The Hall–Kier alpha value is -2.00. The Morgan fingerprint density at radius 1 is 1.08 bits per heavy atom. The second-order valence-corrected chi connectivity index (χ2v) is 7.58. The standard InChI is InChI=1S/C23H31NO2/c1-5-25-23-15-20-19(11-12-24(4)21(20)13-17(2)3)14-22(23)26-16-18-9-7-6-8-10-18/h6-10,14-15,17,21H,5,11-13,16H2,1-4H3/t21-/m1/s1. The summed E-state index contributed by atoms with van der Waals surface area (Å²) in [6, 6.07) is 15.2. The van der Waals surface area contributed by atoms with Crippen molar-refractivity contribution in [1.82, 2.24) is 4.90 Å². The topological polar surface area (TPSA) is 21.7 Å². The highest BCUT2D eigenvalue weighted by molar-refractivity contribution is 5.49. The first-order valence-electron chi connectivity index (χ1n) is 9.75. The molecule has 1 aliphatic heterocycles. The fourth-order valence-corrected chi connectivity index (χ4v) is 3.70. The van der Waals surface area contributed by atoms with Crippen molar-refractivity contribution in [3.05, 3.63) is 59.2 Å². The number of hydrogen-bond acceptors (Lipinski definition) is 3. The summed E-state index contributed by atoms with van der Waals surface area (Å²) in [5.74, 6) is 2.39. The van der Waals surface area contributed by atoms with Crippen LogP contribution < -0.4 is 9.47 Å². The van der Waals surface area contributed by atoms with Gasteiger partial charge in [-0.1, -0.05) is 44.2 Å². The van der Waals surface area contributed by atoms with E-state index in [1.807, 2.05) is 25.1 Å². The molecule has 1 heterocycles. The molecule has 0 spiro atoms. The predicted molar refractivity (Wildman–Crippen MR) is 107 cm³/mol. The lowest BCUT2D eigenvalue weighted by molar-refractivity contribution is 0.200. The lowest BCUT2D eigenvalue weighted by Crippen LogP contribution is -2.33. The Labute approximate surface area is 157 Å². The maximum Gasteiger partial charge on any atom is 0.161 e. The zero-order valence-corrected chi connectivity index (χ0v) is 16.5. The van der Waals surface area contributed by atoms with Crippen molar-refractivity contribution in [2.24, 2.45) is 5.92 Å². The van der Waals surface area contributed by atoms with Crippen LogP contribution in [0.1, 0.15) is 49.9 Å². The van der Waals surface area contributed by atoms with Crippen molar-refractivity contribution in [3.63, 3.8) is 0 Å². The van der Waals surface area contributed by atoms with E-state index in [-0.39, 0.29) is 0 Å². The van der Waals surface area contributed by atoms with E-state index in [0.717, 1.165) is 24.5 Å². The van der Waals surface area contributed by atoms with Gasteiger partial charge < -0.3 is 9.47 Å². The van der Waals surface area contributed by atoms with Crippen LogP contribution in [0.2, 0.25) is 0 Å². The summed E-state index contributed by atoms with van der Waals surface area (Å²) in [4.78, 5) is 2.47. The average Bonchev–Trinajstić information content (AvgIpc) is 2.63. The number of ether oxygens (including phenoxy) is 2. The molecule has 3 nitrogen and oxygen atoms in total. The molecule has 0 aliphatic carbocycles. The summed E-state index contributed by atoms with van der Waals surface area (Å²) < 4.78 is 12.1. The van der Waals surface area contributed by atoms with Crippen LogP contribution in [-0.4, -0.2) is 25.1 Å². The molecule has 26 heavy (non-hydrogen) atoms. The summed E-state index contributed by atoms with van der Waals surface area (Å²) in [5, 5.41) is 0. The SMILES string of the molecule is CCOc1cc2c(cc1OCc1ccccc1)CCN(C)[C@@H]2CC(C)C. The highest BCUT2D eigenvalue weighted by Crippen LogP contribution is 2.40. The molecule has 1 aliphatic rings. The lowest BCUT2D eigenvalue weighted by atomic mass is 9.87. The van der Waals surface area contributed by atoms with Crippen LogP contribution in [-0.2, 0) is 13.0 Å². The molecule has 2 aromatic carbocycles. The smallest absolute Gasteiger partial charge is 0.161 e. The molecule has 0 amide bonds. The van der Waals surface area contributed by atoms with Gasteiger partial charge in [0, 0.05) is 12.6 Å². The summed E-state index contributed by atoms with van der Waals surface area (Å²) in [6.45, 7) is 8.92. The van der Waals surface area contributed by atoms with E-state index in [2.05, 4.69) is 50.1 Å². The Morgan fingerprint density at radius 2 is 1.81 bits per heavy atom. The van der Waals surface area contributed by atoms with Gasteiger partial charge in [-0.05, 0) is 61.6 Å². The number of rotatable bonds is 7. The second-order valence-electron chi connectivity index (χ2n) is 7.58. The first-order chi connectivity index (χ1) is 12.6. The Bertz CT molecular complexity index is 712. The molecule has 0 bridgehead atoms. The largest absolute Gasteiger partial charge is 0.490 e. The number of hydrogen-bond donors (Lipinski definition) is 0. The van der Waals surface area contributed by atoms with Crippen LogP contribution >= 0.6 is 0 Å². The fraction of sp³-hybridized carbons (Fsp3) is 0.478. The molecule has 2 aromatic rings. The molecule has 0 saturated heterocycles. The summed E-state index contributed by atoms with van der Waals surface area (Å²) in [7, 11) is 2.23. The zero-order chi connectivity index (χ0) is 18.5. The third-order valence-corrected chi connectivity index (χ3v) is 5.06. The molecular weight excluding hydrogens is 322 g/mol. The fourth-order valence-electron chi connectivity index (χ4n) is 3.70. The van der Waals surface area contributed by atoms with E-state index >= 15 is 0 Å². The van der Waals surface area contributed by atoms with E-state index in [0.29, 0.717) is 25.2 Å². The van der Waals surface area contributed by atoms with Gasteiger partial charge in [0.1, 0.15) is 6.61 Å². The Balaban J connectivity index is 1.88. The molecule has 0 unspecified atom stereocenters. The summed E-state index contributed by atoms with van der Waals surface area (Å²) in [5.41, 5.74) is 3.98. The second kappa shape index (κ2) is 8.59. The monoisotopic (exact) mass is 353 g/mol. The average molecular weight is 354 g/mol. The molecule has 3 rings (SSSR count). The molecule has 0 N–H and O–H groups in total. The van der Waals surface area contributed by atoms with E-state index in [9.17, 15) is 0 Å². The van der Waals surface area contributed by atoms with Gasteiger partial charge in [-0.3, -0.25) is 4.90 Å². The lowest BCUT2D eigenvalue weighted by Gasteiger charge is -2.36. The van der Waals surface area contributed by atoms with Gasteiger partial charge in [0.05, 0.1) is 6.61 Å². The maximum absolute atomic E-state index is 6.15. The van der Waals surface area contributed by atoms with Crippen LogP contribution in [0.15, 0.2) is 42.5 Å². The van der Waals surface area contributed by atoms with Crippen molar-refractivity contribution < 1.29 is 9.47 Å². The molecule has 0 fully saturated rings. The van der Waals surface area contributed by atoms with E-state index in [1.165, 1.54) is 23.1 Å². The molecule has 0 saturated carbocycles. The summed E-state index contributed by atoms with van der Waals surface area (Å²) >= 11 is 0. The number of fused-ring (bicyclic) bond motifs is 1. The molecule has 0 aromatic heterocycles. The molecule has 3 heteroatoms. The van der Waals surface area contributed by atoms with Crippen molar-refractivity contribution >= 4 is 0 Å². The molecule has 140 valence electrons. The van der Waals surface area contributed by atoms with Crippen molar-refractivity contribution in [1.29, 1.82) is 0 Å². The third-order valence-electron chi connectivity index (χ3n) is 5.06. The van der Waals surface area contributed by atoms with E-state index < -0.39 is 0 Å². The van der Waals surface area contributed by atoms with Gasteiger partial charge in [-0.15, -0.1) is 0 Å². The number of nitrogens with zero attached hydrogens (tertiary/aromatic N) is 1. The molecular formula is C23H31NO2. The first kappa shape index (κ1) is 18.8. The van der Waals surface area contributed by atoms with Crippen LogP contribution in [0.25, 0.3) is 0 Å². The minimum atomic E-state index is 0.459. The normalized spacial score (nSPS) is 17.2. The predicted octanol–water partition coefficient (Wildman–Crippen LogP) is 5.24. The quantitative estimate of drug-likeness (QED) is 0.679. The van der Waals surface area contributed by atoms with Crippen molar-refractivity contribution in [3.8, 4) is 11.5 Å². The van der Waals surface area contributed by atoms with Gasteiger partial charge in [0.25, 0.3) is 0 Å². The van der Waals surface area contributed by atoms with Gasteiger partial charge in [0.2, 0.25) is 0 Å². The van der Waals surface area contributed by atoms with Crippen molar-refractivity contribution in [2.45, 2.75) is 46.3 Å². The van der Waals surface area contributed by atoms with Gasteiger partial charge in [-0.25, -0.2) is 0 Å². The minimum Gasteiger partial charge on any atom is -0.490 e. The van der Waals surface area contributed by atoms with Crippen LogP contribution in [0.5, 0.6) is 11.5 Å². The highest BCUT2D eigenvalue weighted by Gasteiger charge is 2.27. The number of likely N-dealkylation sites (N-methyl/N-ethyl adjacent to an activating group) is 1.